The van der Waals surface area contributed by atoms with Crippen LogP contribution in [-0.4, -0.2) is 24.5 Å². The van der Waals surface area contributed by atoms with Crippen molar-refractivity contribution in [3.05, 3.63) is 34.1 Å². The molecule has 1 unspecified atom stereocenters. The molecule has 1 atom stereocenters. The lowest BCUT2D eigenvalue weighted by atomic mass is 9.87. The van der Waals surface area contributed by atoms with Gasteiger partial charge in [0.2, 0.25) is 0 Å². The molecule has 1 aromatic carbocycles. The summed E-state index contributed by atoms with van der Waals surface area (Å²) in [6.45, 7) is 2.43. The van der Waals surface area contributed by atoms with E-state index < -0.39 is 35.9 Å². The number of nitrogens with one attached hydrogen (secondary N) is 1. The second-order valence-electron chi connectivity index (χ2n) is 5.15. The second-order valence-corrected chi connectivity index (χ2v) is 6.07. The van der Waals surface area contributed by atoms with Crippen LogP contribution >= 0.6 is 15.9 Å². The number of morpholine rings is 1. The third-order valence-electron chi connectivity index (χ3n) is 3.33. The molecule has 110 valence electrons. The third-order valence-corrected chi connectivity index (χ3v) is 3.82. The van der Waals surface area contributed by atoms with Crippen LogP contribution in [0.4, 0.5) is 13.2 Å². The van der Waals surface area contributed by atoms with E-state index >= 15 is 0 Å². The van der Waals surface area contributed by atoms with E-state index in [0.717, 1.165) is 6.07 Å². The van der Waals surface area contributed by atoms with Gasteiger partial charge in [-0.1, -0.05) is 15.9 Å². The van der Waals surface area contributed by atoms with E-state index in [-0.39, 0.29) is 5.56 Å². The van der Waals surface area contributed by atoms with Gasteiger partial charge in [0.1, 0.15) is 11.4 Å². The first-order chi connectivity index (χ1) is 9.19. The predicted molar refractivity (Wildman–Crippen MR) is 70.0 cm³/mol. The number of carbonyl (C=O) groups is 1. The first-order valence-corrected chi connectivity index (χ1v) is 6.68. The van der Waals surface area contributed by atoms with Gasteiger partial charge in [0, 0.05) is 10.0 Å². The fourth-order valence-corrected chi connectivity index (χ4v) is 2.33. The minimum atomic E-state index is -3.01. The lowest BCUT2D eigenvalue weighted by Crippen LogP contribution is -2.65. The number of ether oxygens (including phenoxy) is 1. The van der Waals surface area contributed by atoms with Gasteiger partial charge in [0.05, 0.1) is 6.61 Å². The number of rotatable bonds is 2. The molecule has 0 saturated carbocycles. The highest BCUT2D eigenvalue weighted by molar-refractivity contribution is 9.10. The van der Waals surface area contributed by atoms with Crippen molar-refractivity contribution >= 4 is 21.8 Å². The zero-order valence-corrected chi connectivity index (χ0v) is 12.4. The van der Waals surface area contributed by atoms with Gasteiger partial charge in [0.25, 0.3) is 12.3 Å². The molecule has 7 heteroatoms. The Balaban J connectivity index is 2.52. The number of halogens is 4. The molecular weight excluding hydrogens is 339 g/mol. The molecule has 1 fully saturated rings. The van der Waals surface area contributed by atoms with Gasteiger partial charge in [0.15, 0.2) is 5.54 Å². The summed E-state index contributed by atoms with van der Waals surface area (Å²) in [6, 6.07) is 3.69. The van der Waals surface area contributed by atoms with Crippen LogP contribution in [0.15, 0.2) is 22.7 Å². The summed E-state index contributed by atoms with van der Waals surface area (Å²) in [4.78, 5) is 11.9. The lowest BCUT2D eigenvalue weighted by Gasteiger charge is -2.43. The zero-order chi connectivity index (χ0) is 15.1. The molecule has 1 aliphatic rings. The fourth-order valence-electron chi connectivity index (χ4n) is 1.97. The van der Waals surface area contributed by atoms with Gasteiger partial charge >= 0.3 is 0 Å². The second kappa shape index (κ2) is 5.04. The Hall–Kier alpha value is -1.08. The number of amides is 1. The number of hydrogen-bond donors (Lipinski definition) is 1. The molecule has 0 aliphatic carbocycles. The fraction of sp³-hybridized carbons (Fsp3) is 0.462. The van der Waals surface area contributed by atoms with Crippen LogP contribution < -0.4 is 5.32 Å². The Morgan fingerprint density at radius 1 is 1.40 bits per heavy atom. The number of hydrogen-bond acceptors (Lipinski definition) is 2. The van der Waals surface area contributed by atoms with E-state index in [4.69, 9.17) is 4.74 Å². The summed E-state index contributed by atoms with van der Waals surface area (Å²) in [5.74, 6) is -1.53. The predicted octanol–water partition coefficient (Wildman–Crippen LogP) is 2.97. The van der Waals surface area contributed by atoms with Gasteiger partial charge in [-0.25, -0.2) is 13.2 Å². The molecule has 20 heavy (non-hydrogen) atoms. The smallest absolute Gasteiger partial charge is 0.267 e. The van der Waals surface area contributed by atoms with Crippen molar-refractivity contribution in [2.45, 2.75) is 31.4 Å². The van der Waals surface area contributed by atoms with Gasteiger partial charge in [-0.15, -0.1) is 0 Å². The number of benzene rings is 1. The van der Waals surface area contributed by atoms with Crippen molar-refractivity contribution in [2.75, 3.05) is 6.61 Å². The van der Waals surface area contributed by atoms with Crippen molar-refractivity contribution in [3.8, 4) is 0 Å². The molecule has 1 N–H and O–H groups in total. The Kier molecular flexibility index (Phi) is 3.85. The third kappa shape index (κ3) is 2.44. The van der Waals surface area contributed by atoms with Crippen LogP contribution in [-0.2, 0) is 15.1 Å². The van der Waals surface area contributed by atoms with Crippen LogP contribution in [0.1, 0.15) is 19.4 Å². The summed E-state index contributed by atoms with van der Waals surface area (Å²) in [6.07, 6.45) is -3.01. The maximum atomic E-state index is 13.9. The van der Waals surface area contributed by atoms with Gasteiger partial charge in [-0.3, -0.25) is 4.79 Å². The van der Waals surface area contributed by atoms with Crippen LogP contribution in [0.2, 0.25) is 0 Å². The van der Waals surface area contributed by atoms with E-state index in [0.29, 0.717) is 4.47 Å². The molecule has 1 aliphatic heterocycles. The average molecular weight is 352 g/mol. The standard InChI is InChI=1S/C13H13BrF3NO2/c1-12(2)11(19)18-13(6-20-12,10(16)17)8-5-7(14)3-4-9(8)15/h3-5,10H,6H2,1-2H3,(H,18,19). The van der Waals surface area contributed by atoms with Gasteiger partial charge in [-0.2, -0.15) is 0 Å². The van der Waals surface area contributed by atoms with E-state index in [2.05, 4.69) is 21.2 Å². The van der Waals surface area contributed by atoms with Crippen molar-refractivity contribution in [3.63, 3.8) is 0 Å². The topological polar surface area (TPSA) is 38.3 Å². The molecule has 0 aromatic heterocycles. The Bertz CT molecular complexity index is 550. The Morgan fingerprint density at radius 2 is 2.05 bits per heavy atom. The molecule has 0 radical (unpaired) electrons. The Morgan fingerprint density at radius 3 is 2.60 bits per heavy atom. The van der Waals surface area contributed by atoms with Crippen molar-refractivity contribution in [1.29, 1.82) is 0 Å². The zero-order valence-electron chi connectivity index (χ0n) is 10.8. The number of alkyl halides is 2. The Labute approximate surface area is 122 Å². The molecular formula is C13H13BrF3NO2. The highest BCUT2D eigenvalue weighted by Gasteiger charge is 2.52. The summed E-state index contributed by atoms with van der Waals surface area (Å²) < 4.78 is 46.6. The van der Waals surface area contributed by atoms with Crippen LogP contribution in [0.25, 0.3) is 0 Å². The minimum Gasteiger partial charge on any atom is -0.363 e. The van der Waals surface area contributed by atoms with E-state index in [1.54, 1.807) is 0 Å². The minimum absolute atomic E-state index is 0.300. The van der Waals surface area contributed by atoms with E-state index in [1.165, 1.54) is 26.0 Å². The molecule has 1 aromatic rings. The van der Waals surface area contributed by atoms with Crippen molar-refractivity contribution < 1.29 is 22.7 Å². The van der Waals surface area contributed by atoms with Crippen LogP contribution in [0.5, 0.6) is 0 Å². The normalized spacial score (nSPS) is 25.6. The van der Waals surface area contributed by atoms with Crippen LogP contribution in [0, 0.1) is 5.82 Å². The average Bonchev–Trinajstić information content (AvgIpc) is 2.36. The molecule has 0 spiro atoms. The quantitative estimate of drug-likeness (QED) is 0.889. The van der Waals surface area contributed by atoms with Gasteiger partial charge in [-0.05, 0) is 32.0 Å². The summed E-state index contributed by atoms with van der Waals surface area (Å²) in [5, 5.41) is 2.23. The molecule has 1 saturated heterocycles. The molecule has 2 rings (SSSR count). The van der Waals surface area contributed by atoms with Crippen molar-refractivity contribution in [1.82, 2.24) is 5.32 Å². The first-order valence-electron chi connectivity index (χ1n) is 5.89. The number of carbonyl (C=O) groups excluding carboxylic acids is 1. The highest BCUT2D eigenvalue weighted by atomic mass is 79.9. The van der Waals surface area contributed by atoms with Crippen molar-refractivity contribution in [2.24, 2.45) is 0 Å². The summed E-state index contributed by atoms with van der Waals surface area (Å²) in [7, 11) is 0. The molecule has 3 nitrogen and oxygen atoms in total. The van der Waals surface area contributed by atoms with E-state index in [9.17, 15) is 18.0 Å². The monoisotopic (exact) mass is 351 g/mol. The van der Waals surface area contributed by atoms with Gasteiger partial charge < -0.3 is 10.1 Å². The molecule has 1 heterocycles. The molecule has 1 amide bonds. The largest absolute Gasteiger partial charge is 0.363 e. The maximum Gasteiger partial charge on any atom is 0.267 e. The summed E-state index contributed by atoms with van der Waals surface area (Å²) in [5.41, 5.74) is -3.70. The molecule has 0 bridgehead atoms. The maximum absolute atomic E-state index is 13.9. The van der Waals surface area contributed by atoms with Crippen LogP contribution in [0.3, 0.4) is 0 Å². The lowest BCUT2D eigenvalue weighted by molar-refractivity contribution is -0.172. The summed E-state index contributed by atoms with van der Waals surface area (Å²) >= 11 is 3.11. The van der Waals surface area contributed by atoms with E-state index in [1.807, 2.05) is 0 Å². The highest BCUT2D eigenvalue weighted by Crippen LogP contribution is 2.37. The SMILES string of the molecule is CC1(C)OCC(c2cc(Br)ccc2F)(C(F)F)NC1=O. The first kappa shape index (κ1) is 15.3.